The van der Waals surface area contributed by atoms with Crippen LogP contribution in [0.2, 0.25) is 5.02 Å². The van der Waals surface area contributed by atoms with Gasteiger partial charge >= 0.3 is 6.18 Å². The number of carbonyl (C=O) groups is 2. The number of amides is 2. The number of likely N-dealkylation sites (tertiary alicyclic amines) is 1. The number of nitrogens with zero attached hydrogens (tertiary/aromatic N) is 4. The fourth-order valence-corrected chi connectivity index (χ4v) is 5.67. The molecule has 0 saturated carbocycles. The molecule has 0 atom stereocenters. The third-order valence-electron chi connectivity index (χ3n) is 8.17. The molecule has 0 radical (unpaired) electrons. The van der Waals surface area contributed by atoms with Gasteiger partial charge in [0.1, 0.15) is 0 Å². The van der Waals surface area contributed by atoms with Gasteiger partial charge in [-0.15, -0.1) is 0 Å². The standard InChI is InChI=1S/C30H38ClF5N6O2/c1-39(2)22-7-10-41(11-8-22)19-26(43)37-18-20-3-5-23(28(33)27(20)32)29(44)38-24-6-4-21(31)17-25(24)42-15-13-40(14-16-42)12-9-30(34,35)36/h3-6,17,22H,7-16,18-19H2,1-2H3,(H,37,43)(H,38,44). The van der Waals surface area contributed by atoms with Crippen LogP contribution in [0.1, 0.15) is 35.2 Å². The Morgan fingerprint density at radius 3 is 2.27 bits per heavy atom. The number of alkyl halides is 3. The van der Waals surface area contributed by atoms with Crippen molar-refractivity contribution < 1.29 is 31.5 Å². The lowest BCUT2D eigenvalue weighted by atomic mass is 10.0. The first-order valence-electron chi connectivity index (χ1n) is 14.6. The Morgan fingerprint density at radius 2 is 1.64 bits per heavy atom. The first-order chi connectivity index (χ1) is 20.8. The van der Waals surface area contributed by atoms with Gasteiger partial charge < -0.3 is 20.4 Å². The van der Waals surface area contributed by atoms with E-state index in [9.17, 15) is 27.2 Å². The average molecular weight is 645 g/mol. The van der Waals surface area contributed by atoms with Crippen molar-refractivity contribution in [3.63, 3.8) is 0 Å². The highest BCUT2D eigenvalue weighted by atomic mass is 35.5. The summed E-state index contributed by atoms with van der Waals surface area (Å²) in [6.45, 7) is 2.91. The molecule has 0 aromatic heterocycles. The van der Waals surface area contributed by atoms with E-state index in [0.717, 1.165) is 32.0 Å². The Morgan fingerprint density at radius 1 is 0.955 bits per heavy atom. The molecule has 0 unspecified atom stereocenters. The number of benzene rings is 2. The van der Waals surface area contributed by atoms with Crippen molar-refractivity contribution in [2.45, 2.75) is 38.0 Å². The predicted octanol–water partition coefficient (Wildman–Crippen LogP) is 4.59. The average Bonchev–Trinajstić information content (AvgIpc) is 2.98. The minimum Gasteiger partial charge on any atom is -0.367 e. The molecule has 0 bridgehead atoms. The molecular weight excluding hydrogens is 607 g/mol. The van der Waals surface area contributed by atoms with Gasteiger partial charge in [-0.25, -0.2) is 8.78 Å². The maximum Gasteiger partial charge on any atom is 0.390 e. The van der Waals surface area contributed by atoms with E-state index in [1.165, 1.54) is 18.2 Å². The molecule has 2 heterocycles. The number of hydrogen-bond donors (Lipinski definition) is 2. The lowest BCUT2D eigenvalue weighted by Crippen LogP contribution is -2.47. The summed E-state index contributed by atoms with van der Waals surface area (Å²) in [4.78, 5) is 33.3. The second-order valence-corrected chi connectivity index (χ2v) is 11.9. The number of piperazine rings is 1. The number of piperidine rings is 1. The van der Waals surface area contributed by atoms with Crippen LogP contribution in [0, 0.1) is 11.6 Å². The highest BCUT2D eigenvalue weighted by Crippen LogP contribution is 2.31. The Hall–Kier alpha value is -3.00. The molecule has 0 aliphatic carbocycles. The van der Waals surface area contributed by atoms with Gasteiger partial charge in [0.15, 0.2) is 11.6 Å². The zero-order valence-corrected chi connectivity index (χ0v) is 25.6. The lowest BCUT2D eigenvalue weighted by Gasteiger charge is -2.37. The number of carbonyl (C=O) groups excluding carboxylic acids is 2. The molecule has 2 aromatic rings. The van der Waals surface area contributed by atoms with Crippen LogP contribution in [0.5, 0.6) is 0 Å². The van der Waals surface area contributed by atoms with E-state index < -0.39 is 35.7 Å². The fraction of sp³-hybridized carbons (Fsp3) is 0.533. The van der Waals surface area contributed by atoms with E-state index in [2.05, 4.69) is 15.5 Å². The summed E-state index contributed by atoms with van der Waals surface area (Å²) in [5.74, 6) is -3.75. The number of hydrogen-bond acceptors (Lipinski definition) is 6. The predicted molar refractivity (Wildman–Crippen MR) is 160 cm³/mol. The zero-order chi connectivity index (χ0) is 32.0. The minimum absolute atomic E-state index is 0.0886. The van der Waals surface area contributed by atoms with Gasteiger partial charge in [-0.3, -0.25) is 19.4 Å². The number of halogens is 6. The van der Waals surface area contributed by atoms with Crippen LogP contribution in [0.15, 0.2) is 30.3 Å². The maximum absolute atomic E-state index is 15.1. The van der Waals surface area contributed by atoms with Gasteiger partial charge in [0.05, 0.1) is 29.9 Å². The van der Waals surface area contributed by atoms with E-state index in [-0.39, 0.29) is 31.1 Å². The van der Waals surface area contributed by atoms with Crippen molar-refractivity contribution in [3.05, 3.63) is 58.1 Å². The van der Waals surface area contributed by atoms with Gasteiger partial charge in [0.25, 0.3) is 5.91 Å². The van der Waals surface area contributed by atoms with Crippen LogP contribution in [0.4, 0.5) is 33.3 Å². The molecule has 14 heteroatoms. The molecule has 2 aliphatic rings. The number of anilines is 2. The molecule has 2 saturated heterocycles. The third-order valence-corrected chi connectivity index (χ3v) is 8.41. The maximum atomic E-state index is 15.1. The molecule has 2 N–H and O–H groups in total. The molecule has 2 aliphatic heterocycles. The Labute approximate surface area is 259 Å². The van der Waals surface area contributed by atoms with Crippen molar-refractivity contribution >= 4 is 34.8 Å². The molecule has 242 valence electrons. The van der Waals surface area contributed by atoms with Crippen LogP contribution >= 0.6 is 11.6 Å². The summed E-state index contributed by atoms with van der Waals surface area (Å²) < 4.78 is 67.8. The summed E-state index contributed by atoms with van der Waals surface area (Å²) in [6, 6.07) is 7.58. The first-order valence-corrected chi connectivity index (χ1v) is 15.0. The second-order valence-electron chi connectivity index (χ2n) is 11.5. The summed E-state index contributed by atoms with van der Waals surface area (Å²) in [7, 11) is 4.06. The molecular formula is C30H38ClF5N6O2. The van der Waals surface area contributed by atoms with Crippen molar-refractivity contribution in [2.24, 2.45) is 0 Å². The number of rotatable bonds is 10. The van der Waals surface area contributed by atoms with E-state index in [0.29, 0.717) is 48.6 Å². The van der Waals surface area contributed by atoms with E-state index in [4.69, 9.17) is 11.6 Å². The Bertz CT molecular complexity index is 1310. The molecule has 4 rings (SSSR count). The van der Waals surface area contributed by atoms with Crippen LogP contribution in [0.25, 0.3) is 0 Å². The first kappa shape index (κ1) is 33.9. The van der Waals surface area contributed by atoms with Gasteiger partial charge in [-0.05, 0) is 51.2 Å². The Kier molecular flexibility index (Phi) is 11.4. The van der Waals surface area contributed by atoms with E-state index in [1.54, 1.807) is 11.0 Å². The van der Waals surface area contributed by atoms with Crippen LogP contribution in [0.3, 0.4) is 0 Å². The largest absolute Gasteiger partial charge is 0.390 e. The molecule has 8 nitrogen and oxygen atoms in total. The molecule has 44 heavy (non-hydrogen) atoms. The summed E-state index contributed by atoms with van der Waals surface area (Å²) in [5, 5.41) is 5.62. The highest BCUT2D eigenvalue weighted by Gasteiger charge is 2.29. The van der Waals surface area contributed by atoms with Crippen molar-refractivity contribution in [2.75, 3.05) is 76.7 Å². The van der Waals surface area contributed by atoms with Crippen molar-refractivity contribution in [3.8, 4) is 0 Å². The smallest absolute Gasteiger partial charge is 0.367 e. The zero-order valence-electron chi connectivity index (χ0n) is 24.8. The summed E-state index contributed by atoms with van der Waals surface area (Å²) in [6.07, 6.45) is -3.23. The molecule has 2 amide bonds. The van der Waals surface area contributed by atoms with Crippen LogP contribution in [-0.4, -0.2) is 105 Å². The fourth-order valence-electron chi connectivity index (χ4n) is 5.51. The quantitative estimate of drug-likeness (QED) is 0.369. The normalized spacial score (nSPS) is 17.2. The van der Waals surface area contributed by atoms with Gasteiger partial charge in [-0.2, -0.15) is 13.2 Å². The third kappa shape index (κ3) is 9.26. The monoisotopic (exact) mass is 644 g/mol. The number of nitrogens with one attached hydrogen (secondary N) is 2. The molecule has 2 aromatic carbocycles. The topological polar surface area (TPSA) is 71.2 Å². The molecule has 2 fully saturated rings. The summed E-state index contributed by atoms with van der Waals surface area (Å²) >= 11 is 6.19. The SMILES string of the molecule is CN(C)C1CCN(CC(=O)NCc2ccc(C(=O)Nc3ccc(Cl)cc3N3CCN(CCC(F)(F)F)CC3)c(F)c2F)CC1. The molecule has 0 spiro atoms. The van der Waals surface area contributed by atoms with Crippen LogP contribution in [-0.2, 0) is 11.3 Å². The van der Waals surface area contributed by atoms with Gasteiger partial charge in [-0.1, -0.05) is 17.7 Å². The lowest BCUT2D eigenvalue weighted by molar-refractivity contribution is -0.138. The Balaban J connectivity index is 1.34. The van der Waals surface area contributed by atoms with Crippen molar-refractivity contribution in [1.29, 1.82) is 0 Å². The van der Waals surface area contributed by atoms with E-state index in [1.807, 2.05) is 23.9 Å². The van der Waals surface area contributed by atoms with Gasteiger partial charge in [0.2, 0.25) is 5.91 Å². The highest BCUT2D eigenvalue weighted by molar-refractivity contribution is 6.31. The van der Waals surface area contributed by atoms with E-state index >= 15 is 4.39 Å². The minimum atomic E-state index is -4.23. The van der Waals surface area contributed by atoms with Gasteiger partial charge in [0, 0.05) is 69.0 Å². The summed E-state index contributed by atoms with van der Waals surface area (Å²) in [5.41, 5.74) is 0.217. The second kappa shape index (κ2) is 14.9. The van der Waals surface area contributed by atoms with Crippen LogP contribution < -0.4 is 15.5 Å². The van der Waals surface area contributed by atoms with Crippen molar-refractivity contribution in [1.82, 2.24) is 20.0 Å².